The average molecular weight is 427 g/mol. The molecule has 3 amide bonds. The molecule has 1 aliphatic rings. The highest BCUT2D eigenvalue weighted by molar-refractivity contribution is 7.89. The molecule has 1 aromatic rings. The van der Waals surface area contributed by atoms with E-state index in [0.717, 1.165) is 0 Å². The molecule has 0 radical (unpaired) electrons. The molecule has 0 aliphatic carbocycles. The molecular formula is C19H30N4O5S. The number of rotatable bonds is 6. The van der Waals surface area contributed by atoms with E-state index in [1.165, 1.54) is 16.4 Å². The molecule has 2 rings (SSSR count). The summed E-state index contributed by atoms with van der Waals surface area (Å²) in [5.74, 6) is 0.201. The Morgan fingerprint density at radius 2 is 1.66 bits per heavy atom. The van der Waals surface area contributed by atoms with Crippen molar-refractivity contribution in [3.63, 3.8) is 0 Å². The fourth-order valence-electron chi connectivity index (χ4n) is 2.89. The molecule has 1 aliphatic heterocycles. The summed E-state index contributed by atoms with van der Waals surface area (Å²) in [5.41, 5.74) is -0.439. The molecule has 1 fully saturated rings. The minimum Gasteiger partial charge on any atom is -0.494 e. The van der Waals surface area contributed by atoms with Crippen molar-refractivity contribution in [3.05, 3.63) is 24.3 Å². The first-order valence-electron chi connectivity index (χ1n) is 9.58. The Morgan fingerprint density at radius 3 is 2.17 bits per heavy atom. The van der Waals surface area contributed by atoms with Gasteiger partial charge in [-0.15, -0.1) is 0 Å². The molecule has 29 heavy (non-hydrogen) atoms. The first kappa shape index (κ1) is 23.1. The van der Waals surface area contributed by atoms with Crippen molar-refractivity contribution < 1.29 is 22.7 Å². The number of hydrogen-bond acceptors (Lipinski definition) is 6. The van der Waals surface area contributed by atoms with Crippen LogP contribution in [0.5, 0.6) is 5.75 Å². The van der Waals surface area contributed by atoms with E-state index in [4.69, 9.17) is 4.74 Å². The number of sulfonamides is 1. The second kappa shape index (κ2) is 9.55. The summed E-state index contributed by atoms with van der Waals surface area (Å²) in [6.45, 7) is 9.24. The number of amides is 3. The van der Waals surface area contributed by atoms with Gasteiger partial charge < -0.3 is 10.1 Å². The van der Waals surface area contributed by atoms with Crippen LogP contribution in [0.4, 0.5) is 4.79 Å². The van der Waals surface area contributed by atoms with Crippen molar-refractivity contribution >= 4 is 22.0 Å². The number of carbonyl (C=O) groups excluding carboxylic acids is 2. The largest absolute Gasteiger partial charge is 0.494 e. The van der Waals surface area contributed by atoms with E-state index in [0.29, 0.717) is 25.4 Å². The van der Waals surface area contributed by atoms with Crippen LogP contribution in [-0.4, -0.2) is 74.4 Å². The molecular weight excluding hydrogens is 396 g/mol. The smallest absolute Gasteiger partial charge is 0.321 e. The maximum absolute atomic E-state index is 12.8. The summed E-state index contributed by atoms with van der Waals surface area (Å²) in [6, 6.07) is 5.81. The van der Waals surface area contributed by atoms with Crippen molar-refractivity contribution in [1.29, 1.82) is 0 Å². The Labute approximate surface area is 172 Å². The number of urea groups is 1. The highest BCUT2D eigenvalue weighted by Crippen LogP contribution is 2.20. The van der Waals surface area contributed by atoms with E-state index < -0.39 is 27.5 Å². The van der Waals surface area contributed by atoms with Crippen molar-refractivity contribution in [2.75, 3.05) is 39.3 Å². The molecule has 0 atom stereocenters. The minimum absolute atomic E-state index is 0.0362. The van der Waals surface area contributed by atoms with Crippen LogP contribution in [0.15, 0.2) is 29.2 Å². The van der Waals surface area contributed by atoms with Gasteiger partial charge in [0.1, 0.15) is 5.75 Å². The molecule has 0 unspecified atom stereocenters. The molecule has 1 aromatic carbocycles. The molecule has 9 nitrogen and oxygen atoms in total. The predicted molar refractivity (Wildman–Crippen MR) is 109 cm³/mol. The van der Waals surface area contributed by atoms with Crippen LogP contribution >= 0.6 is 0 Å². The van der Waals surface area contributed by atoms with Crippen LogP contribution < -0.4 is 15.4 Å². The lowest BCUT2D eigenvalue weighted by atomic mass is 10.1. The molecule has 0 saturated carbocycles. The van der Waals surface area contributed by atoms with Crippen LogP contribution in [0.2, 0.25) is 0 Å². The fourth-order valence-corrected chi connectivity index (χ4v) is 4.31. The first-order valence-corrected chi connectivity index (χ1v) is 11.0. The number of benzene rings is 1. The number of ether oxygens (including phenoxy) is 1. The molecule has 2 N–H and O–H groups in total. The van der Waals surface area contributed by atoms with E-state index in [9.17, 15) is 18.0 Å². The van der Waals surface area contributed by atoms with E-state index in [1.807, 2.05) is 32.6 Å². The summed E-state index contributed by atoms with van der Waals surface area (Å²) < 4.78 is 32.3. The predicted octanol–water partition coefficient (Wildman–Crippen LogP) is 1.02. The van der Waals surface area contributed by atoms with E-state index in [2.05, 4.69) is 10.6 Å². The van der Waals surface area contributed by atoms with Gasteiger partial charge >= 0.3 is 6.03 Å². The van der Waals surface area contributed by atoms with Gasteiger partial charge in [-0.3, -0.25) is 15.0 Å². The average Bonchev–Trinajstić information content (AvgIpc) is 2.61. The van der Waals surface area contributed by atoms with E-state index in [1.54, 1.807) is 12.1 Å². The normalized spacial score (nSPS) is 16.3. The lowest BCUT2D eigenvalue weighted by molar-refractivity contribution is -0.121. The van der Waals surface area contributed by atoms with Crippen LogP contribution in [-0.2, 0) is 14.8 Å². The maximum Gasteiger partial charge on any atom is 0.321 e. The molecule has 0 bridgehead atoms. The zero-order chi connectivity index (χ0) is 21.7. The monoisotopic (exact) mass is 426 g/mol. The van der Waals surface area contributed by atoms with Gasteiger partial charge in [0.25, 0.3) is 0 Å². The van der Waals surface area contributed by atoms with Crippen LogP contribution in [0, 0.1) is 0 Å². The summed E-state index contributed by atoms with van der Waals surface area (Å²) in [7, 11) is -3.60. The Hall–Kier alpha value is -2.17. The number of nitrogens with zero attached hydrogens (tertiary/aromatic N) is 2. The summed E-state index contributed by atoms with van der Waals surface area (Å²) >= 11 is 0. The van der Waals surface area contributed by atoms with Crippen LogP contribution in [0.25, 0.3) is 0 Å². The third-order valence-electron chi connectivity index (χ3n) is 4.21. The van der Waals surface area contributed by atoms with Gasteiger partial charge in [-0.2, -0.15) is 4.31 Å². The molecule has 0 aromatic heterocycles. The van der Waals surface area contributed by atoms with Crippen LogP contribution in [0.3, 0.4) is 0 Å². The van der Waals surface area contributed by atoms with Crippen molar-refractivity contribution in [2.24, 2.45) is 0 Å². The lowest BCUT2D eigenvalue weighted by Crippen LogP contribution is -2.53. The van der Waals surface area contributed by atoms with Gasteiger partial charge in [-0.25, -0.2) is 13.2 Å². The van der Waals surface area contributed by atoms with Crippen molar-refractivity contribution in [2.45, 2.75) is 38.1 Å². The Kier molecular flexibility index (Phi) is 7.61. The minimum atomic E-state index is -3.60. The highest BCUT2D eigenvalue weighted by Gasteiger charge is 2.29. The summed E-state index contributed by atoms with van der Waals surface area (Å²) in [5, 5.41) is 4.95. The third-order valence-corrected chi connectivity index (χ3v) is 6.13. The second-order valence-electron chi connectivity index (χ2n) is 7.84. The zero-order valence-corrected chi connectivity index (χ0v) is 18.2. The fraction of sp³-hybridized carbons (Fsp3) is 0.579. The van der Waals surface area contributed by atoms with Crippen LogP contribution in [0.1, 0.15) is 27.7 Å². The van der Waals surface area contributed by atoms with Gasteiger partial charge in [-0.05, 0) is 52.0 Å². The Balaban J connectivity index is 1.86. The molecule has 10 heteroatoms. The maximum atomic E-state index is 12.8. The zero-order valence-electron chi connectivity index (χ0n) is 17.4. The summed E-state index contributed by atoms with van der Waals surface area (Å²) in [4.78, 5) is 25.8. The van der Waals surface area contributed by atoms with E-state index in [-0.39, 0.29) is 24.5 Å². The number of hydrogen-bond donors (Lipinski definition) is 2. The molecule has 162 valence electrons. The van der Waals surface area contributed by atoms with Gasteiger partial charge in [0, 0.05) is 31.7 Å². The molecule has 1 heterocycles. The van der Waals surface area contributed by atoms with Gasteiger partial charge in [0.05, 0.1) is 18.0 Å². The first-order chi connectivity index (χ1) is 13.5. The number of piperazine rings is 1. The lowest BCUT2D eigenvalue weighted by Gasteiger charge is -2.33. The molecule has 1 saturated heterocycles. The summed E-state index contributed by atoms with van der Waals surface area (Å²) in [6.07, 6.45) is 0. The topological polar surface area (TPSA) is 108 Å². The highest BCUT2D eigenvalue weighted by atomic mass is 32.2. The molecule has 0 spiro atoms. The van der Waals surface area contributed by atoms with Gasteiger partial charge in [0.2, 0.25) is 15.9 Å². The standard InChI is InChI=1S/C19H30N4O5S/c1-5-28-15-6-8-16(9-7-15)29(26,27)23-12-10-22(11-13-23)14-17(24)20-18(25)21-19(2,3)4/h6-9H,5,10-14H2,1-4H3,(H2,20,21,24,25). The quantitative estimate of drug-likeness (QED) is 0.703. The Morgan fingerprint density at radius 1 is 1.07 bits per heavy atom. The van der Waals surface area contributed by atoms with Gasteiger partial charge in [-0.1, -0.05) is 0 Å². The SMILES string of the molecule is CCOc1ccc(S(=O)(=O)N2CCN(CC(=O)NC(=O)NC(C)(C)C)CC2)cc1. The second-order valence-corrected chi connectivity index (χ2v) is 9.77. The number of imide groups is 1. The van der Waals surface area contributed by atoms with Crippen molar-refractivity contribution in [3.8, 4) is 5.75 Å². The van der Waals surface area contributed by atoms with Gasteiger partial charge in [0.15, 0.2) is 0 Å². The number of nitrogens with one attached hydrogen (secondary N) is 2. The number of carbonyl (C=O) groups is 2. The Bertz CT molecular complexity index is 810. The third kappa shape index (κ3) is 6.98. The van der Waals surface area contributed by atoms with Crippen molar-refractivity contribution in [1.82, 2.24) is 19.8 Å². The van der Waals surface area contributed by atoms with E-state index >= 15 is 0 Å².